The predicted molar refractivity (Wildman–Crippen MR) is 113 cm³/mol. The third kappa shape index (κ3) is 4.03. The largest absolute Gasteiger partial charge is 0.370 e. The lowest BCUT2D eigenvalue weighted by Gasteiger charge is -2.41. The van der Waals surface area contributed by atoms with E-state index >= 15 is 0 Å². The molecule has 144 valence electrons. The molecule has 4 rings (SSSR count). The highest BCUT2D eigenvalue weighted by atomic mass is 15.3. The van der Waals surface area contributed by atoms with Gasteiger partial charge >= 0.3 is 0 Å². The van der Waals surface area contributed by atoms with E-state index < -0.39 is 0 Å². The summed E-state index contributed by atoms with van der Waals surface area (Å²) in [7, 11) is 4.80. The van der Waals surface area contributed by atoms with E-state index in [4.69, 9.17) is 4.98 Å². The van der Waals surface area contributed by atoms with Crippen molar-refractivity contribution in [3.05, 3.63) is 58.8 Å². The van der Waals surface area contributed by atoms with Gasteiger partial charge in [0.15, 0.2) is 0 Å². The molecular weight excluding hydrogens is 330 g/mol. The first kappa shape index (κ1) is 18.5. The van der Waals surface area contributed by atoms with Crippen LogP contribution in [0, 0.1) is 6.92 Å². The van der Waals surface area contributed by atoms with Crippen molar-refractivity contribution in [3.63, 3.8) is 0 Å². The Bertz CT molecular complexity index is 771. The zero-order valence-corrected chi connectivity index (χ0v) is 17.2. The zero-order chi connectivity index (χ0) is 18.9. The minimum atomic E-state index is 0.555. The molecule has 1 unspecified atom stereocenters. The summed E-state index contributed by atoms with van der Waals surface area (Å²) >= 11 is 0. The van der Waals surface area contributed by atoms with Crippen LogP contribution < -0.4 is 5.32 Å². The number of hydrogen-bond acceptors (Lipinski definition) is 2. The van der Waals surface area contributed by atoms with E-state index in [1.54, 1.807) is 0 Å². The number of hydrogen-bond donors (Lipinski definition) is 1. The SMILES string of the molecule is Cc1ccc(C2Cc3ccccc3C2)c(NCCC2CCCC[N+]2(C)C)n1. The van der Waals surface area contributed by atoms with E-state index in [9.17, 15) is 0 Å². The minimum Gasteiger partial charge on any atom is -0.370 e. The first-order valence-corrected chi connectivity index (χ1v) is 10.6. The van der Waals surface area contributed by atoms with Gasteiger partial charge in [0.05, 0.1) is 26.7 Å². The van der Waals surface area contributed by atoms with Gasteiger partial charge in [0.2, 0.25) is 0 Å². The van der Waals surface area contributed by atoms with Crippen molar-refractivity contribution in [3.8, 4) is 0 Å². The first-order valence-electron chi connectivity index (χ1n) is 10.6. The Labute approximate surface area is 164 Å². The quantitative estimate of drug-likeness (QED) is 0.778. The summed E-state index contributed by atoms with van der Waals surface area (Å²) < 4.78 is 1.17. The number of nitrogens with one attached hydrogen (secondary N) is 1. The number of piperidine rings is 1. The van der Waals surface area contributed by atoms with Crippen LogP contribution in [0.1, 0.15) is 54.0 Å². The summed E-state index contributed by atoms with van der Waals surface area (Å²) in [6, 6.07) is 14.2. The smallest absolute Gasteiger partial charge is 0.129 e. The molecule has 1 saturated heterocycles. The fourth-order valence-electron chi connectivity index (χ4n) is 5.10. The number of likely N-dealkylation sites (tertiary alicyclic amines) is 1. The van der Waals surface area contributed by atoms with E-state index in [2.05, 4.69) is 62.7 Å². The summed E-state index contributed by atoms with van der Waals surface area (Å²) in [5, 5.41) is 3.72. The highest BCUT2D eigenvalue weighted by Gasteiger charge is 2.31. The minimum absolute atomic E-state index is 0.555. The van der Waals surface area contributed by atoms with E-state index in [0.717, 1.165) is 36.9 Å². The maximum Gasteiger partial charge on any atom is 0.129 e. The number of nitrogens with zero attached hydrogens (tertiary/aromatic N) is 2. The van der Waals surface area contributed by atoms with Crippen molar-refractivity contribution in [2.45, 2.75) is 57.4 Å². The number of anilines is 1. The zero-order valence-electron chi connectivity index (χ0n) is 17.2. The van der Waals surface area contributed by atoms with Crippen molar-refractivity contribution in [2.24, 2.45) is 0 Å². The molecule has 2 aromatic rings. The van der Waals surface area contributed by atoms with E-state index in [1.807, 2.05) is 0 Å². The van der Waals surface area contributed by atoms with E-state index in [1.165, 1.54) is 53.4 Å². The lowest BCUT2D eigenvalue weighted by molar-refractivity contribution is -0.920. The topological polar surface area (TPSA) is 24.9 Å². The average molecular weight is 365 g/mol. The molecule has 2 aliphatic rings. The highest BCUT2D eigenvalue weighted by molar-refractivity contribution is 5.50. The van der Waals surface area contributed by atoms with Crippen LogP contribution in [0.15, 0.2) is 36.4 Å². The summed E-state index contributed by atoms with van der Waals surface area (Å²) in [6.45, 7) is 4.44. The molecule has 1 aliphatic carbocycles. The molecule has 0 amide bonds. The summed E-state index contributed by atoms with van der Waals surface area (Å²) in [4.78, 5) is 4.88. The molecule has 0 bridgehead atoms. The highest BCUT2D eigenvalue weighted by Crippen LogP contribution is 2.36. The normalized spacial score (nSPS) is 21.8. The van der Waals surface area contributed by atoms with Crippen LogP contribution in [0.4, 0.5) is 5.82 Å². The van der Waals surface area contributed by atoms with Gasteiger partial charge in [0.1, 0.15) is 5.82 Å². The predicted octanol–water partition coefficient (Wildman–Crippen LogP) is 4.70. The summed E-state index contributed by atoms with van der Waals surface area (Å²) in [5.74, 6) is 1.67. The molecule has 1 atom stereocenters. The van der Waals surface area contributed by atoms with Gasteiger partial charge in [-0.1, -0.05) is 30.3 Å². The van der Waals surface area contributed by atoms with E-state index in [-0.39, 0.29) is 0 Å². The maximum absolute atomic E-state index is 4.88. The second-order valence-electron chi connectivity index (χ2n) is 9.13. The third-order valence-corrected chi connectivity index (χ3v) is 6.84. The van der Waals surface area contributed by atoms with Gasteiger partial charge in [0.25, 0.3) is 0 Å². The van der Waals surface area contributed by atoms with Gasteiger partial charge in [-0.15, -0.1) is 0 Å². The molecule has 1 N–H and O–H groups in total. The number of rotatable bonds is 5. The summed E-state index contributed by atoms with van der Waals surface area (Å²) in [6.07, 6.45) is 7.64. The van der Waals surface area contributed by atoms with Crippen molar-refractivity contribution in [1.82, 2.24) is 4.98 Å². The molecule has 0 saturated carbocycles. The van der Waals surface area contributed by atoms with Gasteiger partial charge in [-0.3, -0.25) is 0 Å². The molecular formula is C24H34N3+. The number of pyridine rings is 1. The van der Waals surface area contributed by atoms with Crippen molar-refractivity contribution < 1.29 is 4.48 Å². The van der Waals surface area contributed by atoms with E-state index in [0.29, 0.717) is 5.92 Å². The molecule has 0 radical (unpaired) electrons. The van der Waals surface area contributed by atoms with Crippen LogP contribution >= 0.6 is 0 Å². The fourth-order valence-corrected chi connectivity index (χ4v) is 5.10. The number of aryl methyl sites for hydroxylation is 1. The van der Waals surface area contributed by atoms with Crippen molar-refractivity contribution in [1.29, 1.82) is 0 Å². The molecule has 3 heteroatoms. The Balaban J connectivity index is 1.45. The van der Waals surface area contributed by atoms with Gasteiger partial charge in [-0.25, -0.2) is 4.98 Å². The number of quaternary nitrogens is 1. The van der Waals surface area contributed by atoms with Crippen LogP contribution in [0.2, 0.25) is 0 Å². The third-order valence-electron chi connectivity index (χ3n) is 6.84. The Hall–Kier alpha value is -1.87. The molecule has 1 fully saturated rings. The maximum atomic E-state index is 4.88. The Morgan fingerprint density at radius 3 is 2.48 bits per heavy atom. The molecule has 0 spiro atoms. The molecule has 3 nitrogen and oxygen atoms in total. The molecule has 2 heterocycles. The van der Waals surface area contributed by atoms with Gasteiger partial charge in [-0.2, -0.15) is 0 Å². The van der Waals surface area contributed by atoms with Crippen molar-refractivity contribution >= 4 is 5.82 Å². The monoisotopic (exact) mass is 364 g/mol. The first-order chi connectivity index (χ1) is 13.0. The molecule has 1 aromatic heterocycles. The average Bonchev–Trinajstić information content (AvgIpc) is 3.07. The van der Waals surface area contributed by atoms with Gasteiger partial charge in [0, 0.05) is 18.7 Å². The fraction of sp³-hybridized carbons (Fsp3) is 0.542. The number of fused-ring (bicyclic) bond motifs is 1. The Kier molecular flexibility index (Phi) is 5.23. The van der Waals surface area contributed by atoms with Crippen LogP contribution in [-0.2, 0) is 12.8 Å². The van der Waals surface area contributed by atoms with Crippen molar-refractivity contribution in [2.75, 3.05) is 32.5 Å². The Morgan fingerprint density at radius 1 is 1.04 bits per heavy atom. The van der Waals surface area contributed by atoms with Gasteiger partial charge in [-0.05, 0) is 67.7 Å². The van der Waals surface area contributed by atoms with Crippen LogP contribution in [0.5, 0.6) is 0 Å². The standard InChI is InChI=1S/C24H34N3/c1-18-11-12-23(21-16-19-8-4-5-9-20(19)17-21)24(26-18)25-14-13-22-10-6-7-15-27(22,2)3/h4-5,8-9,11-12,21-22H,6-7,10,13-17H2,1-3H3,(H,25,26)/q+1. The molecule has 1 aliphatic heterocycles. The summed E-state index contributed by atoms with van der Waals surface area (Å²) in [5.41, 5.74) is 5.52. The second kappa shape index (κ2) is 7.63. The molecule has 1 aromatic carbocycles. The van der Waals surface area contributed by atoms with Crippen LogP contribution in [-0.4, -0.2) is 42.7 Å². The number of benzene rings is 1. The lowest BCUT2D eigenvalue weighted by atomic mass is 9.95. The molecule has 27 heavy (non-hydrogen) atoms. The lowest BCUT2D eigenvalue weighted by Crippen LogP contribution is -2.52. The number of aromatic nitrogens is 1. The van der Waals surface area contributed by atoms with Crippen LogP contribution in [0.3, 0.4) is 0 Å². The second-order valence-corrected chi connectivity index (χ2v) is 9.13. The van der Waals surface area contributed by atoms with Crippen LogP contribution in [0.25, 0.3) is 0 Å². The van der Waals surface area contributed by atoms with Gasteiger partial charge < -0.3 is 9.80 Å². The Morgan fingerprint density at radius 2 is 1.78 bits per heavy atom.